The van der Waals surface area contributed by atoms with Gasteiger partial charge in [0, 0.05) is 25.4 Å². The number of benzene rings is 1. The average molecular weight is 459 g/mol. The number of hydrogen-bond acceptors (Lipinski definition) is 6. The molecule has 1 saturated heterocycles. The van der Waals surface area contributed by atoms with E-state index in [9.17, 15) is 9.59 Å². The third kappa shape index (κ3) is 4.75. The minimum atomic E-state index is -0.347. The smallest absolute Gasteiger partial charge is 0.338 e. The Morgan fingerprint density at radius 3 is 2.78 bits per heavy atom. The summed E-state index contributed by atoms with van der Waals surface area (Å²) >= 11 is 1.94. The first kappa shape index (κ1) is 23.3. The fourth-order valence-corrected chi connectivity index (χ4v) is 6.85. The predicted octanol–water partition coefficient (Wildman–Crippen LogP) is 3.51. The van der Waals surface area contributed by atoms with E-state index in [1.54, 1.807) is 19.1 Å². The van der Waals surface area contributed by atoms with Crippen LogP contribution >= 0.6 is 11.8 Å². The number of hydrogen-bond donors (Lipinski definition) is 0. The van der Waals surface area contributed by atoms with Crippen molar-refractivity contribution in [3.63, 3.8) is 0 Å². The molecule has 3 aliphatic rings. The molecule has 3 atom stereocenters. The summed E-state index contributed by atoms with van der Waals surface area (Å²) in [5.74, 6) is 0.779. The van der Waals surface area contributed by atoms with E-state index in [-0.39, 0.29) is 35.3 Å². The molecule has 1 aromatic rings. The van der Waals surface area contributed by atoms with Crippen molar-refractivity contribution in [2.24, 2.45) is 0 Å². The number of thioether (sulfide) groups is 1. The second-order valence-electron chi connectivity index (χ2n) is 8.62. The number of amides is 1. The number of esters is 1. The minimum Gasteiger partial charge on any atom is -0.462 e. The van der Waals surface area contributed by atoms with E-state index in [4.69, 9.17) is 9.47 Å². The maximum atomic E-state index is 13.5. The summed E-state index contributed by atoms with van der Waals surface area (Å²) in [6.07, 6.45) is 7.83. The summed E-state index contributed by atoms with van der Waals surface area (Å²) in [7, 11) is 0. The first-order valence-corrected chi connectivity index (χ1v) is 12.8. The highest BCUT2D eigenvalue weighted by Gasteiger charge is 2.53. The van der Waals surface area contributed by atoms with Crippen LogP contribution in [0.25, 0.3) is 0 Å². The van der Waals surface area contributed by atoms with Gasteiger partial charge in [-0.2, -0.15) is 0 Å². The zero-order chi connectivity index (χ0) is 22.6. The van der Waals surface area contributed by atoms with Crippen LogP contribution in [-0.4, -0.2) is 77.3 Å². The van der Waals surface area contributed by atoms with Crippen LogP contribution in [0, 0.1) is 0 Å². The summed E-state index contributed by atoms with van der Waals surface area (Å²) in [4.78, 5) is 30.0. The van der Waals surface area contributed by atoms with Gasteiger partial charge in [-0.05, 0) is 50.8 Å². The van der Waals surface area contributed by atoms with Gasteiger partial charge in [-0.15, -0.1) is 11.8 Å². The van der Waals surface area contributed by atoms with Gasteiger partial charge >= 0.3 is 5.97 Å². The second kappa shape index (κ2) is 10.4. The molecule has 4 rings (SSSR count). The van der Waals surface area contributed by atoms with E-state index >= 15 is 0 Å². The molecular weight excluding hydrogens is 424 g/mol. The van der Waals surface area contributed by atoms with Crippen LogP contribution in [0.15, 0.2) is 36.4 Å². The zero-order valence-electron chi connectivity index (χ0n) is 19.1. The summed E-state index contributed by atoms with van der Waals surface area (Å²) in [6, 6.07) is 7.56. The molecule has 1 amide bonds. The van der Waals surface area contributed by atoms with Crippen molar-refractivity contribution in [2.75, 3.05) is 38.6 Å². The van der Waals surface area contributed by atoms with E-state index in [1.807, 2.05) is 23.9 Å². The van der Waals surface area contributed by atoms with Crippen molar-refractivity contribution in [2.45, 2.75) is 56.5 Å². The maximum absolute atomic E-state index is 13.5. The molecule has 0 bridgehead atoms. The Hall–Kier alpha value is -1.83. The normalized spacial score (nSPS) is 27.7. The van der Waals surface area contributed by atoms with E-state index < -0.39 is 0 Å². The summed E-state index contributed by atoms with van der Waals surface area (Å²) in [5.41, 5.74) is 1.34. The van der Waals surface area contributed by atoms with Crippen molar-refractivity contribution in [3.8, 4) is 0 Å². The van der Waals surface area contributed by atoms with Crippen LogP contribution in [0.2, 0.25) is 0 Å². The summed E-state index contributed by atoms with van der Waals surface area (Å²) < 4.78 is 11.5. The van der Waals surface area contributed by atoms with Gasteiger partial charge in [0.25, 0.3) is 0 Å². The van der Waals surface area contributed by atoms with Gasteiger partial charge in [-0.3, -0.25) is 9.69 Å². The molecule has 0 aromatic heterocycles. The van der Waals surface area contributed by atoms with Crippen LogP contribution in [-0.2, 0) is 20.7 Å². The molecule has 0 N–H and O–H groups in total. The fourth-order valence-electron chi connectivity index (χ4n) is 5.41. The predicted molar refractivity (Wildman–Crippen MR) is 127 cm³/mol. The van der Waals surface area contributed by atoms with Crippen LogP contribution < -0.4 is 0 Å². The molecule has 174 valence electrons. The largest absolute Gasteiger partial charge is 0.462 e. The topological polar surface area (TPSA) is 59.1 Å². The van der Waals surface area contributed by atoms with E-state index in [0.29, 0.717) is 18.7 Å². The summed E-state index contributed by atoms with van der Waals surface area (Å²) in [6.45, 7) is 7.48. The third-order valence-electron chi connectivity index (χ3n) is 6.71. The molecule has 2 aliphatic heterocycles. The monoisotopic (exact) mass is 458 g/mol. The SMILES string of the molecule is CCOC(=O)c1cccc(CC(=O)N(CC)C2CCCC3(OCCS3)C2N2CC=CC2)c1. The molecular formula is C25H34N2O4S. The highest BCUT2D eigenvalue weighted by molar-refractivity contribution is 8.00. The summed E-state index contributed by atoms with van der Waals surface area (Å²) in [5, 5.41) is 0. The molecule has 3 unspecified atom stereocenters. The van der Waals surface area contributed by atoms with Gasteiger partial charge in [0.1, 0.15) is 4.93 Å². The second-order valence-corrected chi connectivity index (χ2v) is 10.0. The Kier molecular flexibility index (Phi) is 7.59. The highest BCUT2D eigenvalue weighted by Crippen LogP contribution is 2.48. The van der Waals surface area contributed by atoms with Crippen LogP contribution in [0.5, 0.6) is 0 Å². The zero-order valence-corrected chi connectivity index (χ0v) is 19.9. The number of likely N-dealkylation sites (N-methyl/N-ethyl adjacent to an activating group) is 1. The average Bonchev–Trinajstić information content (AvgIpc) is 3.48. The maximum Gasteiger partial charge on any atom is 0.338 e. The van der Waals surface area contributed by atoms with E-state index in [0.717, 1.165) is 50.3 Å². The lowest BCUT2D eigenvalue weighted by Crippen LogP contribution is -2.64. The molecule has 32 heavy (non-hydrogen) atoms. The number of ether oxygens (including phenoxy) is 2. The minimum absolute atomic E-state index is 0.107. The quantitative estimate of drug-likeness (QED) is 0.460. The standard InChI is InChI=1S/C25H34N2O4S/c1-3-27(22(28)18-19-9-7-10-20(17-19)24(29)30-4-2)21-11-8-12-25(31-15-16-32-25)23(21)26-13-5-6-14-26/h5-7,9-10,17,21,23H,3-4,8,11-16,18H2,1-2H3. The Bertz CT molecular complexity index is 844. The number of nitrogens with zero attached hydrogens (tertiary/aromatic N) is 2. The van der Waals surface area contributed by atoms with Crippen molar-refractivity contribution in [1.82, 2.24) is 9.80 Å². The molecule has 1 aromatic carbocycles. The Labute approximate surface area is 195 Å². The van der Waals surface area contributed by atoms with E-state index in [1.165, 1.54) is 0 Å². The van der Waals surface area contributed by atoms with Crippen LogP contribution in [0.3, 0.4) is 0 Å². The number of carbonyl (C=O) groups is 2. The number of rotatable bonds is 7. The van der Waals surface area contributed by atoms with Gasteiger partial charge in [0.15, 0.2) is 0 Å². The molecule has 1 saturated carbocycles. The third-order valence-corrected chi connectivity index (χ3v) is 8.13. The molecule has 1 spiro atoms. The Morgan fingerprint density at radius 2 is 2.09 bits per heavy atom. The molecule has 0 radical (unpaired) electrons. The van der Waals surface area contributed by atoms with Crippen LogP contribution in [0.4, 0.5) is 0 Å². The van der Waals surface area contributed by atoms with Gasteiger partial charge in [-0.25, -0.2) is 4.79 Å². The van der Waals surface area contributed by atoms with Crippen molar-refractivity contribution >= 4 is 23.6 Å². The lowest BCUT2D eigenvalue weighted by Gasteiger charge is -2.51. The van der Waals surface area contributed by atoms with Crippen molar-refractivity contribution in [3.05, 3.63) is 47.5 Å². The lowest BCUT2D eigenvalue weighted by molar-refractivity contribution is -0.139. The Balaban J connectivity index is 1.54. The molecule has 1 aliphatic carbocycles. The van der Waals surface area contributed by atoms with Crippen molar-refractivity contribution in [1.29, 1.82) is 0 Å². The molecule has 6 nitrogen and oxygen atoms in total. The first-order valence-electron chi connectivity index (χ1n) is 11.8. The Morgan fingerprint density at radius 1 is 1.28 bits per heavy atom. The van der Waals surface area contributed by atoms with Gasteiger partial charge in [-0.1, -0.05) is 24.3 Å². The van der Waals surface area contributed by atoms with Crippen molar-refractivity contribution < 1.29 is 19.1 Å². The van der Waals surface area contributed by atoms with Crippen LogP contribution in [0.1, 0.15) is 49.0 Å². The highest BCUT2D eigenvalue weighted by atomic mass is 32.2. The number of carbonyl (C=O) groups excluding carboxylic acids is 2. The lowest BCUT2D eigenvalue weighted by atomic mass is 9.84. The fraction of sp³-hybridized carbons (Fsp3) is 0.600. The molecule has 7 heteroatoms. The van der Waals surface area contributed by atoms with Gasteiger partial charge in [0.05, 0.1) is 37.3 Å². The molecule has 2 fully saturated rings. The first-order chi connectivity index (χ1) is 15.6. The van der Waals surface area contributed by atoms with Gasteiger partial charge < -0.3 is 14.4 Å². The van der Waals surface area contributed by atoms with E-state index in [2.05, 4.69) is 28.9 Å². The van der Waals surface area contributed by atoms with Gasteiger partial charge in [0.2, 0.25) is 5.91 Å². The molecule has 2 heterocycles.